The Morgan fingerprint density at radius 1 is 1.12 bits per heavy atom. The molecule has 5 nitrogen and oxygen atoms in total. The molecule has 2 heterocycles. The van der Waals surface area contributed by atoms with Crippen LogP contribution in [0.25, 0.3) is 22.0 Å². The summed E-state index contributed by atoms with van der Waals surface area (Å²) in [7, 11) is 1.97. The average molecular weight is 319 g/mol. The minimum absolute atomic E-state index is 0.268. The maximum atomic E-state index is 12.4. The molecule has 0 aliphatic carbocycles. The van der Waals surface area contributed by atoms with Crippen molar-refractivity contribution < 1.29 is 9.21 Å². The fourth-order valence-electron chi connectivity index (χ4n) is 2.84. The molecule has 120 valence electrons. The van der Waals surface area contributed by atoms with E-state index in [1.807, 2.05) is 61.9 Å². The Morgan fingerprint density at radius 2 is 1.96 bits per heavy atom. The van der Waals surface area contributed by atoms with Gasteiger partial charge in [-0.25, -0.2) is 4.98 Å². The van der Waals surface area contributed by atoms with E-state index in [2.05, 4.69) is 10.3 Å². The Bertz CT molecular complexity index is 1090. The number of carbonyl (C=O) groups excluding carboxylic acids is 1. The van der Waals surface area contributed by atoms with Crippen LogP contribution in [0.15, 0.2) is 46.9 Å². The van der Waals surface area contributed by atoms with E-state index in [9.17, 15) is 4.79 Å². The molecule has 0 spiro atoms. The number of rotatable bonds is 2. The van der Waals surface area contributed by atoms with Crippen LogP contribution in [0.1, 0.15) is 21.9 Å². The lowest BCUT2D eigenvalue weighted by Gasteiger charge is -2.03. The summed E-state index contributed by atoms with van der Waals surface area (Å²) in [5, 5.41) is 3.79. The maximum absolute atomic E-state index is 12.4. The van der Waals surface area contributed by atoms with Crippen LogP contribution in [0.4, 0.5) is 5.69 Å². The number of aromatic nitrogens is 2. The van der Waals surface area contributed by atoms with Crippen molar-refractivity contribution in [1.82, 2.24) is 9.55 Å². The molecule has 5 heteroatoms. The first-order chi connectivity index (χ1) is 11.5. The number of imidazole rings is 1. The van der Waals surface area contributed by atoms with Gasteiger partial charge in [-0.15, -0.1) is 0 Å². The van der Waals surface area contributed by atoms with E-state index in [1.165, 1.54) is 0 Å². The highest BCUT2D eigenvalue weighted by Crippen LogP contribution is 2.23. The zero-order valence-electron chi connectivity index (χ0n) is 13.8. The molecular formula is C19H17N3O2. The second-order valence-electron chi connectivity index (χ2n) is 6.03. The van der Waals surface area contributed by atoms with E-state index < -0.39 is 0 Å². The highest BCUT2D eigenvalue weighted by atomic mass is 16.3. The number of benzene rings is 2. The first-order valence-corrected chi connectivity index (χ1v) is 7.76. The number of anilines is 1. The van der Waals surface area contributed by atoms with E-state index in [0.717, 1.165) is 33.4 Å². The fourth-order valence-corrected chi connectivity index (χ4v) is 2.84. The van der Waals surface area contributed by atoms with Crippen molar-refractivity contribution in [2.24, 2.45) is 7.05 Å². The number of amides is 1. The summed E-state index contributed by atoms with van der Waals surface area (Å²) in [5.41, 5.74) is 4.40. The summed E-state index contributed by atoms with van der Waals surface area (Å²) < 4.78 is 7.68. The second kappa shape index (κ2) is 5.23. The molecular weight excluding hydrogens is 302 g/mol. The van der Waals surface area contributed by atoms with Gasteiger partial charge in [-0.2, -0.15) is 0 Å². The Labute approximate surface area is 138 Å². The average Bonchev–Trinajstić information content (AvgIpc) is 3.08. The third-order valence-corrected chi connectivity index (χ3v) is 4.26. The van der Waals surface area contributed by atoms with Crippen LogP contribution in [0.3, 0.4) is 0 Å². The van der Waals surface area contributed by atoms with Crippen LogP contribution in [0.2, 0.25) is 0 Å². The molecule has 1 amide bonds. The SMILES string of the molecule is Cc1ccc2cc(C(=O)Nc3ccc4c(c3)nc(C)n4C)oc2c1. The molecule has 0 atom stereocenters. The maximum Gasteiger partial charge on any atom is 0.291 e. The van der Waals surface area contributed by atoms with Gasteiger partial charge in [-0.1, -0.05) is 12.1 Å². The van der Waals surface area contributed by atoms with Gasteiger partial charge in [0.1, 0.15) is 11.4 Å². The summed E-state index contributed by atoms with van der Waals surface area (Å²) in [5.74, 6) is 0.963. The van der Waals surface area contributed by atoms with Crippen molar-refractivity contribution >= 4 is 33.6 Å². The van der Waals surface area contributed by atoms with Gasteiger partial charge in [0.25, 0.3) is 5.91 Å². The third kappa shape index (κ3) is 2.34. The topological polar surface area (TPSA) is 60.1 Å². The van der Waals surface area contributed by atoms with Gasteiger partial charge in [0.15, 0.2) is 5.76 Å². The van der Waals surface area contributed by atoms with E-state index in [4.69, 9.17) is 4.42 Å². The molecule has 24 heavy (non-hydrogen) atoms. The molecule has 0 saturated carbocycles. The van der Waals surface area contributed by atoms with Crippen LogP contribution >= 0.6 is 0 Å². The molecule has 1 N–H and O–H groups in total. The van der Waals surface area contributed by atoms with Gasteiger partial charge in [-0.3, -0.25) is 4.79 Å². The predicted molar refractivity (Wildman–Crippen MR) is 94.4 cm³/mol. The van der Waals surface area contributed by atoms with E-state index in [1.54, 1.807) is 6.07 Å². The predicted octanol–water partition coefficient (Wildman–Crippen LogP) is 4.19. The van der Waals surface area contributed by atoms with Crippen LogP contribution in [-0.4, -0.2) is 15.5 Å². The normalized spacial score (nSPS) is 11.3. The van der Waals surface area contributed by atoms with Gasteiger partial charge in [0, 0.05) is 18.1 Å². The van der Waals surface area contributed by atoms with Crippen LogP contribution in [-0.2, 0) is 7.05 Å². The Morgan fingerprint density at radius 3 is 2.79 bits per heavy atom. The Kier molecular flexibility index (Phi) is 3.16. The van der Waals surface area contributed by atoms with Crippen LogP contribution in [0, 0.1) is 13.8 Å². The first kappa shape index (κ1) is 14.5. The standard InChI is InChI=1S/C19H17N3O2/c1-11-4-5-13-9-18(24-17(13)8-11)19(23)21-14-6-7-16-15(10-14)20-12(2)22(16)3/h4-10H,1-3H3,(H,21,23). The molecule has 0 fully saturated rings. The molecule has 0 radical (unpaired) electrons. The number of nitrogens with zero attached hydrogens (tertiary/aromatic N) is 2. The minimum Gasteiger partial charge on any atom is -0.451 e. The van der Waals surface area contributed by atoms with Gasteiger partial charge < -0.3 is 14.3 Å². The number of hydrogen-bond donors (Lipinski definition) is 1. The van der Waals surface area contributed by atoms with Gasteiger partial charge in [0.2, 0.25) is 0 Å². The number of carbonyl (C=O) groups is 1. The summed E-state index contributed by atoms with van der Waals surface area (Å²) in [6, 6.07) is 13.3. The molecule has 0 saturated heterocycles. The molecule has 2 aromatic heterocycles. The molecule has 4 aromatic rings. The lowest BCUT2D eigenvalue weighted by atomic mass is 10.2. The van der Waals surface area contributed by atoms with Crippen LogP contribution in [0.5, 0.6) is 0 Å². The van der Waals surface area contributed by atoms with E-state index >= 15 is 0 Å². The highest BCUT2D eigenvalue weighted by Gasteiger charge is 2.13. The van der Waals surface area contributed by atoms with Gasteiger partial charge in [0.05, 0.1) is 11.0 Å². The summed E-state index contributed by atoms with van der Waals surface area (Å²) >= 11 is 0. The largest absolute Gasteiger partial charge is 0.451 e. The smallest absolute Gasteiger partial charge is 0.291 e. The monoisotopic (exact) mass is 319 g/mol. The number of hydrogen-bond acceptors (Lipinski definition) is 3. The summed E-state index contributed by atoms with van der Waals surface area (Å²) in [6.45, 7) is 3.94. The molecule has 0 aliphatic rings. The molecule has 4 rings (SSSR count). The summed E-state index contributed by atoms with van der Waals surface area (Å²) in [6.07, 6.45) is 0. The molecule has 0 bridgehead atoms. The zero-order chi connectivity index (χ0) is 16.8. The Balaban J connectivity index is 1.64. The number of nitrogens with one attached hydrogen (secondary N) is 1. The van der Waals surface area contributed by atoms with E-state index in [-0.39, 0.29) is 5.91 Å². The number of aryl methyl sites for hydroxylation is 3. The number of furan rings is 1. The summed E-state index contributed by atoms with van der Waals surface area (Å²) in [4.78, 5) is 16.9. The Hall–Kier alpha value is -3.08. The molecule has 0 unspecified atom stereocenters. The van der Waals surface area contributed by atoms with Crippen molar-refractivity contribution in [3.63, 3.8) is 0 Å². The lowest BCUT2D eigenvalue weighted by molar-refractivity contribution is 0.0998. The minimum atomic E-state index is -0.268. The quantitative estimate of drug-likeness (QED) is 0.602. The van der Waals surface area contributed by atoms with Crippen molar-refractivity contribution in [1.29, 1.82) is 0 Å². The van der Waals surface area contributed by atoms with Crippen LogP contribution < -0.4 is 5.32 Å². The molecule has 2 aromatic carbocycles. The van der Waals surface area contributed by atoms with Crippen molar-refractivity contribution in [3.05, 3.63) is 59.6 Å². The van der Waals surface area contributed by atoms with Gasteiger partial charge >= 0.3 is 0 Å². The van der Waals surface area contributed by atoms with E-state index in [0.29, 0.717) is 11.4 Å². The number of fused-ring (bicyclic) bond motifs is 2. The zero-order valence-corrected chi connectivity index (χ0v) is 13.8. The second-order valence-corrected chi connectivity index (χ2v) is 6.03. The fraction of sp³-hybridized carbons (Fsp3) is 0.158. The highest BCUT2D eigenvalue weighted by molar-refractivity contribution is 6.05. The third-order valence-electron chi connectivity index (χ3n) is 4.26. The van der Waals surface area contributed by atoms with Gasteiger partial charge in [-0.05, 0) is 49.7 Å². The van der Waals surface area contributed by atoms with Crippen molar-refractivity contribution in [2.45, 2.75) is 13.8 Å². The van der Waals surface area contributed by atoms with Crippen molar-refractivity contribution in [3.8, 4) is 0 Å². The van der Waals surface area contributed by atoms with Crippen molar-refractivity contribution in [2.75, 3.05) is 5.32 Å². The molecule has 0 aliphatic heterocycles. The lowest BCUT2D eigenvalue weighted by Crippen LogP contribution is -2.10. The first-order valence-electron chi connectivity index (χ1n) is 7.76.